The maximum absolute atomic E-state index is 3.90. The van der Waals surface area contributed by atoms with E-state index in [9.17, 15) is 0 Å². The van der Waals surface area contributed by atoms with Crippen LogP contribution in [0.1, 0.15) is 50.8 Å². The highest BCUT2D eigenvalue weighted by Crippen LogP contribution is 2.36. The summed E-state index contributed by atoms with van der Waals surface area (Å²) >= 11 is 5.46. The quantitative estimate of drug-likeness (QED) is 0.844. The van der Waals surface area contributed by atoms with Crippen LogP contribution in [0, 0.1) is 0 Å². The molecule has 1 N–H and O–H groups in total. The third-order valence-electron chi connectivity index (χ3n) is 5.03. The molecule has 0 amide bonds. The van der Waals surface area contributed by atoms with Crippen LogP contribution in [0.25, 0.3) is 0 Å². The second-order valence-corrected chi connectivity index (χ2v) is 9.62. The number of rotatable bonds is 2. The summed E-state index contributed by atoms with van der Waals surface area (Å²) in [7, 11) is 0. The van der Waals surface area contributed by atoms with Crippen LogP contribution in [-0.4, -0.2) is 29.1 Å². The van der Waals surface area contributed by atoms with Gasteiger partial charge in [0.25, 0.3) is 0 Å². The molecule has 0 atom stereocenters. The fraction of sp³-hybridized carbons (Fsp3) is 0.750. The summed E-state index contributed by atoms with van der Waals surface area (Å²) in [5.74, 6) is 0. The first-order valence-electron chi connectivity index (χ1n) is 7.74. The molecule has 112 valence electrons. The predicted molar refractivity (Wildman–Crippen MR) is 90.3 cm³/mol. The van der Waals surface area contributed by atoms with Gasteiger partial charge in [-0.2, -0.15) is 0 Å². The van der Waals surface area contributed by atoms with E-state index < -0.39 is 0 Å². The molecule has 2 nitrogen and oxygen atoms in total. The average Bonchev–Trinajstić information content (AvgIpc) is 2.82. The van der Waals surface area contributed by atoms with Gasteiger partial charge in [-0.25, -0.2) is 0 Å². The molecule has 1 aliphatic heterocycles. The van der Waals surface area contributed by atoms with Crippen LogP contribution in [0.15, 0.2) is 15.9 Å². The van der Waals surface area contributed by atoms with Crippen molar-refractivity contribution in [1.29, 1.82) is 0 Å². The van der Waals surface area contributed by atoms with Gasteiger partial charge < -0.3 is 5.32 Å². The van der Waals surface area contributed by atoms with Gasteiger partial charge in [-0.15, -0.1) is 11.3 Å². The standard InChI is InChI=1S/C16H25BrN2S/c1-15(2)11-18-16(8-4-3-5-9-16)12-19(15)10-13-6-7-14(17)20-13/h6-7,18H,3-5,8-12H2,1-2H3. The van der Waals surface area contributed by atoms with E-state index in [0.717, 1.165) is 13.1 Å². The third kappa shape index (κ3) is 3.13. The summed E-state index contributed by atoms with van der Waals surface area (Å²) in [6, 6.07) is 4.44. The SMILES string of the molecule is CC1(C)CNC2(CCCCC2)CN1Cc1ccc(Br)s1. The lowest BCUT2D eigenvalue weighted by molar-refractivity contribution is 0.00553. The second kappa shape index (κ2) is 5.71. The Kier molecular flexibility index (Phi) is 4.29. The molecule has 1 spiro atoms. The van der Waals surface area contributed by atoms with Gasteiger partial charge in [0.05, 0.1) is 3.79 Å². The van der Waals surface area contributed by atoms with Crippen molar-refractivity contribution in [2.75, 3.05) is 13.1 Å². The minimum atomic E-state index is 0.249. The van der Waals surface area contributed by atoms with Gasteiger partial charge in [0.1, 0.15) is 0 Å². The molecule has 2 fully saturated rings. The van der Waals surface area contributed by atoms with Crippen molar-refractivity contribution in [3.8, 4) is 0 Å². The molecule has 1 aliphatic carbocycles. The Balaban J connectivity index is 1.75. The van der Waals surface area contributed by atoms with Crippen molar-refractivity contribution in [3.63, 3.8) is 0 Å². The van der Waals surface area contributed by atoms with Gasteiger partial charge in [-0.3, -0.25) is 4.90 Å². The van der Waals surface area contributed by atoms with Crippen molar-refractivity contribution >= 4 is 27.3 Å². The monoisotopic (exact) mass is 356 g/mol. The molecule has 3 rings (SSSR count). The lowest BCUT2D eigenvalue weighted by Crippen LogP contribution is -2.68. The molecular weight excluding hydrogens is 332 g/mol. The number of piperazine rings is 1. The first kappa shape index (κ1) is 15.0. The smallest absolute Gasteiger partial charge is 0.0701 e. The van der Waals surface area contributed by atoms with Crippen LogP contribution in [0.4, 0.5) is 0 Å². The molecule has 0 radical (unpaired) electrons. The third-order valence-corrected chi connectivity index (χ3v) is 6.64. The van der Waals surface area contributed by atoms with Crippen LogP contribution in [0.2, 0.25) is 0 Å². The van der Waals surface area contributed by atoms with Crippen molar-refractivity contribution in [3.05, 3.63) is 20.8 Å². The van der Waals surface area contributed by atoms with E-state index in [1.54, 1.807) is 0 Å². The van der Waals surface area contributed by atoms with Gasteiger partial charge in [0.2, 0.25) is 0 Å². The Bertz CT molecular complexity index is 463. The van der Waals surface area contributed by atoms with E-state index in [1.165, 1.54) is 47.3 Å². The zero-order valence-corrected chi connectivity index (χ0v) is 14.9. The Labute approximate surface area is 135 Å². The van der Waals surface area contributed by atoms with Crippen LogP contribution >= 0.6 is 27.3 Å². The summed E-state index contributed by atoms with van der Waals surface area (Å²) in [6.07, 6.45) is 6.92. The lowest BCUT2D eigenvalue weighted by atomic mass is 9.77. The number of halogens is 1. The number of thiophene rings is 1. The summed E-state index contributed by atoms with van der Waals surface area (Å²) in [5.41, 5.74) is 0.640. The molecule has 1 aromatic rings. The minimum Gasteiger partial charge on any atom is -0.308 e. The molecular formula is C16H25BrN2S. The lowest BCUT2D eigenvalue weighted by Gasteiger charge is -2.53. The Morgan fingerprint density at radius 3 is 2.65 bits per heavy atom. The van der Waals surface area contributed by atoms with Gasteiger partial charge >= 0.3 is 0 Å². The van der Waals surface area contributed by atoms with Crippen molar-refractivity contribution in [2.24, 2.45) is 0 Å². The molecule has 0 bridgehead atoms. The molecule has 2 heterocycles. The zero-order valence-electron chi connectivity index (χ0n) is 12.5. The molecule has 1 saturated carbocycles. The van der Waals surface area contributed by atoms with E-state index in [4.69, 9.17) is 0 Å². The fourth-order valence-corrected chi connectivity index (χ4v) is 5.11. The Hall–Kier alpha value is 0.1000. The molecule has 2 aliphatic rings. The number of hydrogen-bond donors (Lipinski definition) is 1. The highest BCUT2D eigenvalue weighted by atomic mass is 79.9. The molecule has 20 heavy (non-hydrogen) atoms. The highest BCUT2D eigenvalue weighted by molar-refractivity contribution is 9.11. The van der Waals surface area contributed by atoms with Crippen LogP contribution in [0.3, 0.4) is 0 Å². The molecule has 0 aromatic carbocycles. The summed E-state index contributed by atoms with van der Waals surface area (Å²) in [4.78, 5) is 4.17. The van der Waals surface area contributed by atoms with Crippen LogP contribution < -0.4 is 5.32 Å². The van der Waals surface area contributed by atoms with Crippen molar-refractivity contribution in [2.45, 2.75) is 63.6 Å². The fourth-order valence-electron chi connectivity index (χ4n) is 3.61. The normalized spacial score (nSPS) is 25.9. The zero-order chi connectivity index (χ0) is 14.2. The Morgan fingerprint density at radius 2 is 2.00 bits per heavy atom. The number of nitrogens with one attached hydrogen (secondary N) is 1. The maximum Gasteiger partial charge on any atom is 0.0701 e. The van der Waals surface area contributed by atoms with Crippen LogP contribution in [-0.2, 0) is 6.54 Å². The van der Waals surface area contributed by atoms with Gasteiger partial charge in [0.15, 0.2) is 0 Å². The highest BCUT2D eigenvalue weighted by Gasteiger charge is 2.43. The van der Waals surface area contributed by atoms with E-state index in [2.05, 4.69) is 52.1 Å². The first-order valence-corrected chi connectivity index (χ1v) is 9.34. The predicted octanol–water partition coefficient (Wildman–Crippen LogP) is 4.40. The topological polar surface area (TPSA) is 15.3 Å². The van der Waals surface area contributed by atoms with E-state index >= 15 is 0 Å². The van der Waals surface area contributed by atoms with Crippen LogP contribution in [0.5, 0.6) is 0 Å². The van der Waals surface area contributed by atoms with E-state index in [1.807, 2.05) is 11.3 Å². The van der Waals surface area contributed by atoms with Gasteiger partial charge in [-0.1, -0.05) is 19.3 Å². The average molecular weight is 357 g/mol. The second-order valence-electron chi connectivity index (χ2n) is 7.07. The van der Waals surface area contributed by atoms with Crippen molar-refractivity contribution < 1.29 is 0 Å². The van der Waals surface area contributed by atoms with Gasteiger partial charge in [-0.05, 0) is 54.8 Å². The number of hydrogen-bond acceptors (Lipinski definition) is 3. The summed E-state index contributed by atoms with van der Waals surface area (Å²) in [6.45, 7) is 8.15. The first-order chi connectivity index (χ1) is 9.49. The Morgan fingerprint density at radius 1 is 1.25 bits per heavy atom. The summed E-state index contributed by atoms with van der Waals surface area (Å²) in [5, 5.41) is 3.90. The maximum atomic E-state index is 3.90. The molecule has 1 saturated heterocycles. The molecule has 0 unspecified atom stereocenters. The minimum absolute atomic E-state index is 0.249. The number of nitrogens with zero attached hydrogens (tertiary/aromatic N) is 1. The summed E-state index contributed by atoms with van der Waals surface area (Å²) < 4.78 is 1.24. The molecule has 1 aromatic heterocycles. The molecule has 4 heteroatoms. The van der Waals surface area contributed by atoms with Gasteiger partial charge in [0, 0.05) is 35.6 Å². The van der Waals surface area contributed by atoms with E-state index in [-0.39, 0.29) is 5.54 Å². The van der Waals surface area contributed by atoms with E-state index in [0.29, 0.717) is 5.54 Å². The largest absolute Gasteiger partial charge is 0.308 e. The van der Waals surface area contributed by atoms with Crippen molar-refractivity contribution in [1.82, 2.24) is 10.2 Å².